The first-order chi connectivity index (χ1) is 11.7. The number of carbonyl (C=O) groups is 1. The van der Waals surface area contributed by atoms with Crippen LogP contribution in [0.3, 0.4) is 0 Å². The highest BCUT2D eigenvalue weighted by molar-refractivity contribution is 7.99. The quantitative estimate of drug-likeness (QED) is 0.835. The van der Waals surface area contributed by atoms with Gasteiger partial charge in [0, 0.05) is 0 Å². The number of amides is 1. The molecule has 1 aromatic carbocycles. The Morgan fingerprint density at radius 3 is 2.83 bits per heavy atom. The summed E-state index contributed by atoms with van der Waals surface area (Å²) in [5, 5.41) is 15.1. The van der Waals surface area contributed by atoms with Crippen molar-refractivity contribution < 1.29 is 4.79 Å². The smallest absolute Gasteiger partial charge is 0.230 e. The van der Waals surface area contributed by atoms with Crippen molar-refractivity contribution in [3.05, 3.63) is 41.7 Å². The first-order valence-corrected chi connectivity index (χ1v) is 9.58. The maximum Gasteiger partial charge on any atom is 0.230 e. The highest BCUT2D eigenvalue weighted by atomic mass is 32.2. The van der Waals surface area contributed by atoms with E-state index in [4.69, 9.17) is 0 Å². The van der Waals surface area contributed by atoms with Gasteiger partial charge >= 0.3 is 0 Å². The maximum atomic E-state index is 12.1. The average Bonchev–Trinajstić information content (AvgIpc) is 3.26. The maximum absolute atomic E-state index is 12.1. The predicted octanol–water partition coefficient (Wildman–Crippen LogP) is 2.90. The Morgan fingerprint density at radius 2 is 2.08 bits per heavy atom. The average molecular weight is 345 g/mol. The molecule has 1 fully saturated rings. The number of aromatic nitrogens is 4. The summed E-state index contributed by atoms with van der Waals surface area (Å²) in [5.74, 6) is 1.98. The van der Waals surface area contributed by atoms with Gasteiger partial charge in [-0.15, -0.1) is 16.9 Å². The van der Waals surface area contributed by atoms with E-state index in [1.807, 2.05) is 41.9 Å². The number of nitrogens with zero attached hydrogens (tertiary/aromatic N) is 4. The summed E-state index contributed by atoms with van der Waals surface area (Å²) in [6.45, 7) is 2.00. The number of hydrogen-bond donors (Lipinski definition) is 1. The van der Waals surface area contributed by atoms with Gasteiger partial charge in [0.1, 0.15) is 0 Å². The van der Waals surface area contributed by atoms with Crippen LogP contribution in [0.1, 0.15) is 56.1 Å². The SMILES string of the molecule is CC(NC(=O)CSCc1nnnn1C1CCCC1)c1ccccc1. The molecule has 1 unspecified atom stereocenters. The van der Waals surface area contributed by atoms with Crippen LogP contribution in [0.25, 0.3) is 0 Å². The topological polar surface area (TPSA) is 72.7 Å². The molecule has 1 aromatic heterocycles. The highest BCUT2D eigenvalue weighted by Gasteiger charge is 2.21. The van der Waals surface area contributed by atoms with Gasteiger partial charge in [0.25, 0.3) is 0 Å². The van der Waals surface area contributed by atoms with E-state index in [0.29, 0.717) is 17.5 Å². The largest absolute Gasteiger partial charge is 0.349 e. The minimum atomic E-state index is 0.0168. The molecule has 0 saturated heterocycles. The molecule has 1 atom stereocenters. The molecule has 6 nitrogen and oxygen atoms in total. The van der Waals surface area contributed by atoms with Crippen LogP contribution in [-0.2, 0) is 10.5 Å². The summed E-state index contributed by atoms with van der Waals surface area (Å²) in [5.41, 5.74) is 1.11. The van der Waals surface area contributed by atoms with Gasteiger partial charge in [0.05, 0.1) is 23.6 Å². The van der Waals surface area contributed by atoms with E-state index in [1.54, 1.807) is 11.8 Å². The van der Waals surface area contributed by atoms with Gasteiger partial charge in [0.15, 0.2) is 5.82 Å². The third-order valence-electron chi connectivity index (χ3n) is 4.37. The summed E-state index contributed by atoms with van der Waals surface area (Å²) in [4.78, 5) is 12.1. The Kier molecular flexibility index (Phi) is 5.85. The third-order valence-corrected chi connectivity index (χ3v) is 5.30. The summed E-state index contributed by atoms with van der Waals surface area (Å²) in [7, 11) is 0. The molecule has 0 spiro atoms. The van der Waals surface area contributed by atoms with Crippen LogP contribution in [-0.4, -0.2) is 31.9 Å². The second-order valence-corrected chi connectivity index (χ2v) is 7.16. The molecule has 1 aliphatic rings. The fraction of sp³-hybridized carbons (Fsp3) is 0.529. The second-order valence-electron chi connectivity index (χ2n) is 6.17. The number of tetrazole rings is 1. The monoisotopic (exact) mass is 345 g/mol. The lowest BCUT2D eigenvalue weighted by Crippen LogP contribution is -2.28. The number of thioether (sulfide) groups is 1. The van der Waals surface area contributed by atoms with Gasteiger partial charge in [0.2, 0.25) is 5.91 Å². The fourth-order valence-corrected chi connectivity index (χ4v) is 3.83. The highest BCUT2D eigenvalue weighted by Crippen LogP contribution is 2.29. The van der Waals surface area contributed by atoms with Crippen molar-refractivity contribution in [2.45, 2.75) is 50.4 Å². The molecule has 0 radical (unpaired) electrons. The molecule has 7 heteroatoms. The zero-order valence-corrected chi connectivity index (χ0v) is 14.7. The summed E-state index contributed by atoms with van der Waals surface area (Å²) in [6.07, 6.45) is 4.79. The van der Waals surface area contributed by atoms with Gasteiger partial charge in [-0.05, 0) is 35.8 Å². The first kappa shape index (κ1) is 17.0. The third kappa shape index (κ3) is 4.35. The number of hydrogen-bond acceptors (Lipinski definition) is 5. The van der Waals surface area contributed by atoms with Crippen LogP contribution < -0.4 is 5.32 Å². The molecule has 3 rings (SSSR count). The predicted molar refractivity (Wildman–Crippen MR) is 94.5 cm³/mol. The normalized spacial score (nSPS) is 16.2. The van der Waals surface area contributed by atoms with E-state index >= 15 is 0 Å². The molecule has 1 heterocycles. The van der Waals surface area contributed by atoms with Crippen LogP contribution in [0.2, 0.25) is 0 Å². The molecule has 128 valence electrons. The van der Waals surface area contributed by atoms with Crippen LogP contribution >= 0.6 is 11.8 Å². The van der Waals surface area contributed by atoms with Crippen molar-refractivity contribution >= 4 is 17.7 Å². The Hall–Kier alpha value is -1.89. The minimum absolute atomic E-state index is 0.0168. The minimum Gasteiger partial charge on any atom is -0.349 e. The van der Waals surface area contributed by atoms with E-state index in [0.717, 1.165) is 24.2 Å². The summed E-state index contributed by atoms with van der Waals surface area (Å²) in [6, 6.07) is 10.4. The van der Waals surface area contributed by atoms with E-state index in [2.05, 4.69) is 20.8 Å². The molecule has 0 aliphatic heterocycles. The Balaban J connectivity index is 1.45. The summed E-state index contributed by atoms with van der Waals surface area (Å²) < 4.78 is 1.95. The van der Waals surface area contributed by atoms with Gasteiger partial charge in [-0.2, -0.15) is 0 Å². The van der Waals surface area contributed by atoms with Gasteiger partial charge in [-0.1, -0.05) is 43.2 Å². The van der Waals surface area contributed by atoms with E-state index < -0.39 is 0 Å². The Morgan fingerprint density at radius 1 is 1.33 bits per heavy atom. The van der Waals surface area contributed by atoms with E-state index in [-0.39, 0.29) is 11.9 Å². The molecule has 1 aliphatic carbocycles. The zero-order valence-electron chi connectivity index (χ0n) is 13.9. The lowest BCUT2D eigenvalue weighted by atomic mass is 10.1. The molecule has 0 bridgehead atoms. The van der Waals surface area contributed by atoms with Gasteiger partial charge < -0.3 is 5.32 Å². The number of nitrogens with one attached hydrogen (secondary N) is 1. The molecule has 1 N–H and O–H groups in total. The van der Waals surface area contributed by atoms with Crippen molar-refractivity contribution in [1.82, 2.24) is 25.5 Å². The molecule has 2 aromatic rings. The Bertz CT molecular complexity index is 654. The van der Waals surface area contributed by atoms with Crippen molar-refractivity contribution in [3.63, 3.8) is 0 Å². The molecular weight excluding hydrogens is 322 g/mol. The zero-order chi connectivity index (χ0) is 16.8. The van der Waals surface area contributed by atoms with Crippen LogP contribution in [0.4, 0.5) is 0 Å². The lowest BCUT2D eigenvalue weighted by molar-refractivity contribution is -0.119. The standard InChI is InChI=1S/C17H23N5OS/c1-13(14-7-3-2-4-8-14)18-17(23)12-24-11-16-19-20-21-22(16)15-9-5-6-10-15/h2-4,7-8,13,15H,5-6,9-12H2,1H3,(H,18,23). The lowest BCUT2D eigenvalue weighted by Gasteiger charge is -2.14. The van der Waals surface area contributed by atoms with Crippen molar-refractivity contribution in [3.8, 4) is 0 Å². The van der Waals surface area contributed by atoms with Crippen molar-refractivity contribution in [2.75, 3.05) is 5.75 Å². The molecule has 1 saturated carbocycles. The van der Waals surface area contributed by atoms with Crippen LogP contribution in [0.15, 0.2) is 30.3 Å². The van der Waals surface area contributed by atoms with E-state index in [9.17, 15) is 4.79 Å². The van der Waals surface area contributed by atoms with Crippen molar-refractivity contribution in [2.24, 2.45) is 0 Å². The Labute approximate surface area is 146 Å². The number of benzene rings is 1. The first-order valence-electron chi connectivity index (χ1n) is 8.43. The molecular formula is C17H23N5OS. The van der Waals surface area contributed by atoms with Crippen molar-refractivity contribution in [1.29, 1.82) is 0 Å². The second kappa shape index (κ2) is 8.28. The number of rotatable bonds is 7. The molecule has 24 heavy (non-hydrogen) atoms. The number of carbonyl (C=O) groups excluding carboxylic acids is 1. The van der Waals surface area contributed by atoms with Gasteiger partial charge in [-0.3, -0.25) is 4.79 Å². The van der Waals surface area contributed by atoms with Crippen LogP contribution in [0.5, 0.6) is 0 Å². The molecule has 1 amide bonds. The van der Waals surface area contributed by atoms with Crippen LogP contribution in [0, 0.1) is 0 Å². The van der Waals surface area contributed by atoms with Gasteiger partial charge in [-0.25, -0.2) is 4.68 Å². The van der Waals surface area contributed by atoms with E-state index in [1.165, 1.54) is 12.8 Å². The fourth-order valence-electron chi connectivity index (χ4n) is 3.08. The summed E-state index contributed by atoms with van der Waals surface area (Å²) >= 11 is 1.55.